The summed E-state index contributed by atoms with van der Waals surface area (Å²) < 4.78 is 32.9. The van der Waals surface area contributed by atoms with Gasteiger partial charge in [-0.05, 0) is 40.0 Å². The van der Waals surface area contributed by atoms with Crippen LogP contribution in [0.25, 0.3) is 0 Å². The number of amides is 1. The number of hydrogen-bond acceptors (Lipinski definition) is 3. The van der Waals surface area contributed by atoms with Gasteiger partial charge in [0.2, 0.25) is 0 Å². The largest absolute Gasteiger partial charge is 0.444 e. The maximum Gasteiger partial charge on any atom is 0.410 e. The minimum absolute atomic E-state index is 0.272. The Kier molecular flexibility index (Phi) is 3.97. The van der Waals surface area contributed by atoms with E-state index in [1.807, 2.05) is 0 Å². The van der Waals surface area contributed by atoms with Gasteiger partial charge in [0.05, 0.1) is 12.1 Å². The summed E-state index contributed by atoms with van der Waals surface area (Å²) in [6.07, 6.45) is 1.57. The van der Waals surface area contributed by atoms with Gasteiger partial charge in [0, 0.05) is 19.5 Å². The molecule has 0 aromatic carbocycles. The Bertz CT molecular complexity index is 378. The number of nitrogens with zero attached hydrogens (tertiary/aromatic N) is 1. The van der Waals surface area contributed by atoms with Gasteiger partial charge in [-0.2, -0.15) is 0 Å². The van der Waals surface area contributed by atoms with Crippen LogP contribution in [0.1, 0.15) is 46.5 Å². The SMILES string of the molecule is CC(C)(C)OC(=O)N1CCCCC12CNCC(F)(F)C2. The Morgan fingerprint density at radius 2 is 1.95 bits per heavy atom. The van der Waals surface area contributed by atoms with Gasteiger partial charge in [0.25, 0.3) is 5.92 Å². The second kappa shape index (κ2) is 5.13. The number of carbonyl (C=O) groups is 1. The molecule has 0 radical (unpaired) electrons. The van der Waals surface area contributed by atoms with Gasteiger partial charge in [0.15, 0.2) is 0 Å². The molecule has 6 heteroatoms. The summed E-state index contributed by atoms with van der Waals surface area (Å²) in [6.45, 7) is 5.96. The lowest BCUT2D eigenvalue weighted by molar-refractivity contribution is -0.0986. The van der Waals surface area contributed by atoms with Gasteiger partial charge in [0.1, 0.15) is 5.60 Å². The van der Waals surface area contributed by atoms with Crippen molar-refractivity contribution in [1.29, 1.82) is 0 Å². The number of halogens is 2. The summed E-state index contributed by atoms with van der Waals surface area (Å²) in [4.78, 5) is 13.9. The molecule has 2 heterocycles. The molecule has 1 N–H and O–H groups in total. The summed E-state index contributed by atoms with van der Waals surface area (Å²) in [7, 11) is 0. The van der Waals surface area contributed by atoms with E-state index in [0.29, 0.717) is 19.5 Å². The van der Waals surface area contributed by atoms with Crippen LogP contribution >= 0.6 is 0 Å². The average Bonchev–Trinajstić information content (AvgIpc) is 2.25. The first-order valence-corrected chi connectivity index (χ1v) is 7.23. The fraction of sp³-hybridized carbons (Fsp3) is 0.929. The van der Waals surface area contributed by atoms with E-state index < -0.39 is 23.2 Å². The molecule has 2 fully saturated rings. The van der Waals surface area contributed by atoms with Gasteiger partial charge in [-0.3, -0.25) is 0 Å². The standard InChI is InChI=1S/C14H24F2N2O2/c1-12(2,3)20-11(19)18-7-5-4-6-13(18)8-14(15,16)10-17-9-13/h17H,4-10H2,1-3H3. The van der Waals surface area contributed by atoms with E-state index >= 15 is 0 Å². The third-order valence-electron chi connectivity index (χ3n) is 3.89. The minimum atomic E-state index is -2.77. The molecule has 2 aliphatic heterocycles. The average molecular weight is 290 g/mol. The lowest BCUT2D eigenvalue weighted by atomic mass is 9.79. The summed E-state index contributed by atoms with van der Waals surface area (Å²) >= 11 is 0. The molecular formula is C14H24F2N2O2. The lowest BCUT2D eigenvalue weighted by Gasteiger charge is -2.51. The van der Waals surface area contributed by atoms with Gasteiger partial charge in [-0.15, -0.1) is 0 Å². The number of nitrogens with one attached hydrogen (secondary N) is 1. The highest BCUT2D eigenvalue weighted by atomic mass is 19.3. The summed E-state index contributed by atoms with van der Waals surface area (Å²) in [5.41, 5.74) is -1.41. The third kappa shape index (κ3) is 3.40. The zero-order valence-corrected chi connectivity index (χ0v) is 12.5. The Labute approximate surface area is 118 Å². The van der Waals surface area contributed by atoms with E-state index in [0.717, 1.165) is 12.8 Å². The van der Waals surface area contributed by atoms with E-state index in [9.17, 15) is 13.6 Å². The fourth-order valence-electron chi connectivity index (χ4n) is 3.15. The number of likely N-dealkylation sites (tertiary alicyclic amines) is 1. The molecule has 0 bridgehead atoms. The van der Waals surface area contributed by atoms with E-state index in [-0.39, 0.29) is 13.0 Å². The van der Waals surface area contributed by atoms with Crippen molar-refractivity contribution in [2.75, 3.05) is 19.6 Å². The monoisotopic (exact) mass is 290 g/mol. The fourth-order valence-corrected chi connectivity index (χ4v) is 3.15. The lowest BCUT2D eigenvalue weighted by Crippen LogP contribution is -2.66. The highest BCUT2D eigenvalue weighted by molar-refractivity contribution is 5.69. The van der Waals surface area contributed by atoms with Crippen molar-refractivity contribution in [1.82, 2.24) is 10.2 Å². The van der Waals surface area contributed by atoms with Crippen LogP contribution in [0.15, 0.2) is 0 Å². The Hall–Kier alpha value is -0.910. The number of ether oxygens (including phenoxy) is 1. The first-order valence-electron chi connectivity index (χ1n) is 7.23. The first-order chi connectivity index (χ1) is 9.14. The van der Waals surface area contributed by atoms with Crippen LogP contribution in [0, 0.1) is 0 Å². The zero-order chi connectivity index (χ0) is 15.0. The summed E-state index contributed by atoms with van der Waals surface area (Å²) in [5, 5.41) is 2.78. The van der Waals surface area contributed by atoms with Gasteiger partial charge >= 0.3 is 6.09 Å². The molecule has 1 spiro atoms. The number of rotatable bonds is 0. The molecule has 116 valence electrons. The molecule has 0 aromatic rings. The van der Waals surface area contributed by atoms with E-state index in [1.165, 1.54) is 4.90 Å². The maximum absolute atomic E-state index is 13.8. The second-order valence-corrected chi connectivity index (χ2v) is 6.95. The van der Waals surface area contributed by atoms with Gasteiger partial charge < -0.3 is 15.0 Å². The topological polar surface area (TPSA) is 41.6 Å². The normalized spacial score (nSPS) is 30.4. The van der Waals surface area contributed by atoms with Crippen LogP contribution < -0.4 is 5.32 Å². The van der Waals surface area contributed by atoms with Crippen molar-refractivity contribution < 1.29 is 18.3 Å². The quantitative estimate of drug-likeness (QED) is 0.746. The zero-order valence-electron chi connectivity index (χ0n) is 12.5. The van der Waals surface area contributed by atoms with E-state index in [4.69, 9.17) is 4.74 Å². The molecule has 1 atom stereocenters. The Morgan fingerprint density at radius 3 is 2.55 bits per heavy atom. The smallest absolute Gasteiger partial charge is 0.410 e. The van der Waals surface area contributed by atoms with Crippen LogP contribution in [0.3, 0.4) is 0 Å². The predicted molar refractivity (Wildman–Crippen MR) is 72.0 cm³/mol. The number of alkyl halides is 2. The first kappa shape index (κ1) is 15.5. The van der Waals surface area contributed by atoms with E-state index in [2.05, 4.69) is 5.32 Å². The highest BCUT2D eigenvalue weighted by Gasteiger charge is 2.52. The highest BCUT2D eigenvalue weighted by Crippen LogP contribution is 2.40. The van der Waals surface area contributed by atoms with Crippen molar-refractivity contribution in [2.45, 2.75) is 63.5 Å². The van der Waals surface area contributed by atoms with Crippen molar-refractivity contribution in [3.8, 4) is 0 Å². The van der Waals surface area contributed by atoms with Gasteiger partial charge in [-0.25, -0.2) is 13.6 Å². The van der Waals surface area contributed by atoms with Crippen molar-refractivity contribution >= 4 is 6.09 Å². The Balaban J connectivity index is 2.18. The van der Waals surface area contributed by atoms with Crippen LogP contribution in [0.5, 0.6) is 0 Å². The van der Waals surface area contributed by atoms with Crippen molar-refractivity contribution in [2.24, 2.45) is 0 Å². The van der Waals surface area contributed by atoms with E-state index in [1.54, 1.807) is 20.8 Å². The van der Waals surface area contributed by atoms with Crippen LogP contribution in [0.2, 0.25) is 0 Å². The van der Waals surface area contributed by atoms with Gasteiger partial charge in [-0.1, -0.05) is 0 Å². The molecule has 2 rings (SSSR count). The minimum Gasteiger partial charge on any atom is -0.444 e. The number of piperidine rings is 2. The Morgan fingerprint density at radius 1 is 1.25 bits per heavy atom. The van der Waals surface area contributed by atoms with Crippen LogP contribution in [-0.2, 0) is 4.74 Å². The second-order valence-electron chi connectivity index (χ2n) is 6.95. The molecule has 20 heavy (non-hydrogen) atoms. The summed E-state index contributed by atoms with van der Waals surface area (Å²) in [6, 6.07) is 0. The van der Waals surface area contributed by atoms with Crippen molar-refractivity contribution in [3.05, 3.63) is 0 Å². The van der Waals surface area contributed by atoms with Crippen LogP contribution in [0.4, 0.5) is 13.6 Å². The van der Waals surface area contributed by atoms with Crippen molar-refractivity contribution in [3.63, 3.8) is 0 Å². The molecule has 0 aromatic heterocycles. The molecule has 1 unspecified atom stereocenters. The molecule has 2 aliphatic rings. The number of carbonyl (C=O) groups excluding carboxylic acids is 1. The maximum atomic E-state index is 13.8. The summed E-state index contributed by atoms with van der Waals surface area (Å²) in [5.74, 6) is -2.77. The van der Waals surface area contributed by atoms with Crippen LogP contribution in [-0.4, -0.2) is 47.7 Å². The molecular weight excluding hydrogens is 266 g/mol. The molecule has 1 amide bonds. The molecule has 0 saturated carbocycles. The third-order valence-corrected chi connectivity index (χ3v) is 3.89. The predicted octanol–water partition coefficient (Wildman–Crippen LogP) is 2.77. The molecule has 0 aliphatic carbocycles. The number of hydrogen-bond donors (Lipinski definition) is 1. The molecule has 4 nitrogen and oxygen atoms in total. The molecule has 2 saturated heterocycles.